The molecule has 0 aliphatic carbocycles. The molecule has 0 aliphatic heterocycles. The minimum atomic E-state index is 1.06. The van der Waals surface area contributed by atoms with Crippen molar-refractivity contribution in [1.82, 2.24) is 10.2 Å². The van der Waals surface area contributed by atoms with E-state index in [1.165, 1.54) is 36.8 Å². The lowest BCUT2D eigenvalue weighted by molar-refractivity contribution is 0.685. The Labute approximate surface area is 96.2 Å². The second kappa shape index (κ2) is 5.54. The standard InChI is InChI=1S/C13H19N3/c1-2-3-4-5-8-14-12-6-7-13-11(9-12)10-15-16-13/h6-7,9-10,14H,2-5,8H2,1H3,(H,15,16). The fourth-order valence-corrected chi connectivity index (χ4v) is 1.84. The number of hydrogen-bond acceptors (Lipinski definition) is 2. The van der Waals surface area contributed by atoms with E-state index in [0.717, 1.165) is 12.1 Å². The Morgan fingerprint density at radius 1 is 1.25 bits per heavy atom. The van der Waals surface area contributed by atoms with Crippen LogP contribution in [0.25, 0.3) is 10.9 Å². The van der Waals surface area contributed by atoms with Crippen LogP contribution in [0.2, 0.25) is 0 Å². The van der Waals surface area contributed by atoms with Crippen LogP contribution in [0.15, 0.2) is 24.4 Å². The van der Waals surface area contributed by atoms with E-state index in [1.54, 1.807) is 0 Å². The number of nitrogens with zero attached hydrogens (tertiary/aromatic N) is 1. The Kier molecular flexibility index (Phi) is 3.81. The van der Waals surface area contributed by atoms with Gasteiger partial charge in [0, 0.05) is 17.6 Å². The van der Waals surface area contributed by atoms with Crippen LogP contribution >= 0.6 is 0 Å². The molecule has 0 saturated carbocycles. The third-order valence-corrected chi connectivity index (χ3v) is 2.80. The van der Waals surface area contributed by atoms with E-state index in [0.29, 0.717) is 0 Å². The highest BCUT2D eigenvalue weighted by Crippen LogP contribution is 2.16. The molecule has 2 rings (SSSR count). The van der Waals surface area contributed by atoms with Crippen molar-refractivity contribution in [2.24, 2.45) is 0 Å². The summed E-state index contributed by atoms with van der Waals surface area (Å²) in [5.41, 5.74) is 2.28. The second-order valence-electron chi connectivity index (χ2n) is 4.16. The van der Waals surface area contributed by atoms with E-state index < -0.39 is 0 Å². The highest BCUT2D eigenvalue weighted by molar-refractivity contribution is 5.81. The lowest BCUT2D eigenvalue weighted by atomic mass is 10.2. The van der Waals surface area contributed by atoms with Crippen LogP contribution in [0.5, 0.6) is 0 Å². The van der Waals surface area contributed by atoms with Gasteiger partial charge in [0.1, 0.15) is 0 Å². The van der Waals surface area contributed by atoms with Gasteiger partial charge in [-0.1, -0.05) is 26.2 Å². The molecule has 3 heteroatoms. The molecule has 0 fully saturated rings. The van der Waals surface area contributed by atoms with E-state index in [4.69, 9.17) is 0 Å². The normalized spacial score (nSPS) is 10.8. The van der Waals surface area contributed by atoms with E-state index in [2.05, 4.69) is 40.6 Å². The van der Waals surface area contributed by atoms with Crippen LogP contribution < -0.4 is 5.32 Å². The quantitative estimate of drug-likeness (QED) is 0.726. The van der Waals surface area contributed by atoms with Crippen molar-refractivity contribution in [3.05, 3.63) is 24.4 Å². The number of hydrogen-bond donors (Lipinski definition) is 2. The molecule has 1 heterocycles. The number of H-pyrrole nitrogens is 1. The van der Waals surface area contributed by atoms with Crippen molar-refractivity contribution in [1.29, 1.82) is 0 Å². The molecule has 3 nitrogen and oxygen atoms in total. The predicted molar refractivity (Wildman–Crippen MR) is 68.7 cm³/mol. The van der Waals surface area contributed by atoms with Crippen LogP contribution in [0.1, 0.15) is 32.6 Å². The average molecular weight is 217 g/mol. The van der Waals surface area contributed by atoms with Gasteiger partial charge < -0.3 is 5.32 Å². The lowest BCUT2D eigenvalue weighted by Gasteiger charge is -2.05. The van der Waals surface area contributed by atoms with Gasteiger partial charge in [0.25, 0.3) is 0 Å². The topological polar surface area (TPSA) is 40.7 Å². The number of rotatable bonds is 6. The van der Waals surface area contributed by atoms with Crippen LogP contribution in [0.4, 0.5) is 5.69 Å². The Balaban J connectivity index is 1.84. The summed E-state index contributed by atoms with van der Waals surface area (Å²) < 4.78 is 0. The molecule has 0 amide bonds. The van der Waals surface area contributed by atoms with Crippen molar-refractivity contribution < 1.29 is 0 Å². The molecule has 16 heavy (non-hydrogen) atoms. The van der Waals surface area contributed by atoms with Gasteiger partial charge in [-0.3, -0.25) is 5.10 Å². The fraction of sp³-hybridized carbons (Fsp3) is 0.462. The molecule has 0 unspecified atom stereocenters. The number of anilines is 1. The van der Waals surface area contributed by atoms with Gasteiger partial charge in [-0.2, -0.15) is 5.10 Å². The van der Waals surface area contributed by atoms with Gasteiger partial charge in [0.15, 0.2) is 0 Å². The zero-order chi connectivity index (χ0) is 11.2. The van der Waals surface area contributed by atoms with Crippen LogP contribution in [-0.2, 0) is 0 Å². The second-order valence-corrected chi connectivity index (χ2v) is 4.16. The summed E-state index contributed by atoms with van der Waals surface area (Å²) in [6.45, 7) is 3.30. The van der Waals surface area contributed by atoms with Gasteiger partial charge in [0.05, 0.1) is 11.7 Å². The monoisotopic (exact) mass is 217 g/mol. The van der Waals surface area contributed by atoms with Gasteiger partial charge in [-0.25, -0.2) is 0 Å². The minimum absolute atomic E-state index is 1.06. The number of benzene rings is 1. The summed E-state index contributed by atoms with van der Waals surface area (Å²) in [7, 11) is 0. The van der Waals surface area contributed by atoms with Gasteiger partial charge in [-0.05, 0) is 24.6 Å². The van der Waals surface area contributed by atoms with Crippen LogP contribution in [0.3, 0.4) is 0 Å². The zero-order valence-corrected chi connectivity index (χ0v) is 9.79. The summed E-state index contributed by atoms with van der Waals surface area (Å²) in [5, 5.41) is 11.6. The number of aromatic nitrogens is 2. The number of nitrogens with one attached hydrogen (secondary N) is 2. The molecule has 0 aliphatic rings. The van der Waals surface area contributed by atoms with Crippen molar-refractivity contribution >= 4 is 16.6 Å². The van der Waals surface area contributed by atoms with E-state index in [9.17, 15) is 0 Å². The molecule has 2 N–H and O–H groups in total. The van der Waals surface area contributed by atoms with Gasteiger partial charge in [0.2, 0.25) is 0 Å². The Morgan fingerprint density at radius 3 is 3.06 bits per heavy atom. The molecule has 0 bridgehead atoms. The van der Waals surface area contributed by atoms with Crippen molar-refractivity contribution in [2.45, 2.75) is 32.6 Å². The van der Waals surface area contributed by atoms with Crippen LogP contribution in [-0.4, -0.2) is 16.7 Å². The maximum atomic E-state index is 4.01. The highest BCUT2D eigenvalue weighted by atomic mass is 15.1. The maximum Gasteiger partial charge on any atom is 0.0651 e. The Morgan fingerprint density at radius 2 is 2.19 bits per heavy atom. The summed E-state index contributed by atoms with van der Waals surface area (Å²) in [5.74, 6) is 0. The molecule has 2 aromatic rings. The first-order chi connectivity index (χ1) is 7.90. The summed E-state index contributed by atoms with van der Waals surface area (Å²) in [6, 6.07) is 6.30. The molecular weight excluding hydrogens is 198 g/mol. The highest BCUT2D eigenvalue weighted by Gasteiger charge is 1.97. The molecule has 0 saturated heterocycles. The Hall–Kier alpha value is -1.51. The molecule has 0 radical (unpaired) electrons. The number of aromatic amines is 1. The first kappa shape index (κ1) is 11.0. The SMILES string of the molecule is CCCCCCNc1ccc2[nH]ncc2c1. The maximum absolute atomic E-state index is 4.01. The third-order valence-electron chi connectivity index (χ3n) is 2.80. The first-order valence-electron chi connectivity index (χ1n) is 6.07. The van der Waals surface area contributed by atoms with Crippen molar-refractivity contribution in [3.63, 3.8) is 0 Å². The minimum Gasteiger partial charge on any atom is -0.385 e. The predicted octanol–water partition coefficient (Wildman–Crippen LogP) is 3.56. The fourth-order valence-electron chi connectivity index (χ4n) is 1.84. The van der Waals surface area contributed by atoms with Crippen molar-refractivity contribution in [3.8, 4) is 0 Å². The van der Waals surface area contributed by atoms with Gasteiger partial charge >= 0.3 is 0 Å². The molecule has 86 valence electrons. The summed E-state index contributed by atoms with van der Waals surface area (Å²) in [4.78, 5) is 0. The molecular formula is C13H19N3. The molecule has 0 atom stereocenters. The summed E-state index contributed by atoms with van der Waals surface area (Å²) in [6.07, 6.45) is 7.05. The zero-order valence-electron chi connectivity index (χ0n) is 9.79. The smallest absolute Gasteiger partial charge is 0.0651 e. The first-order valence-corrected chi connectivity index (χ1v) is 6.07. The van der Waals surface area contributed by atoms with Crippen molar-refractivity contribution in [2.75, 3.05) is 11.9 Å². The van der Waals surface area contributed by atoms with E-state index >= 15 is 0 Å². The lowest BCUT2D eigenvalue weighted by Crippen LogP contribution is -2.00. The van der Waals surface area contributed by atoms with Crippen LogP contribution in [0, 0.1) is 0 Å². The molecule has 1 aromatic heterocycles. The largest absolute Gasteiger partial charge is 0.385 e. The number of fused-ring (bicyclic) bond motifs is 1. The third kappa shape index (κ3) is 2.75. The summed E-state index contributed by atoms with van der Waals surface area (Å²) >= 11 is 0. The average Bonchev–Trinajstić information content (AvgIpc) is 2.76. The molecule has 1 aromatic carbocycles. The van der Waals surface area contributed by atoms with E-state index in [-0.39, 0.29) is 0 Å². The molecule has 0 spiro atoms. The van der Waals surface area contributed by atoms with Gasteiger partial charge in [-0.15, -0.1) is 0 Å². The number of unbranched alkanes of at least 4 members (excludes halogenated alkanes) is 3. The Bertz CT molecular complexity index is 433. The van der Waals surface area contributed by atoms with E-state index in [1.807, 2.05) is 6.20 Å².